The number of carbonyl (C=O) groups is 1. The van der Waals surface area contributed by atoms with Gasteiger partial charge in [0.05, 0.1) is 6.10 Å². The van der Waals surface area contributed by atoms with Crippen molar-refractivity contribution in [2.75, 3.05) is 57.0 Å². The van der Waals surface area contributed by atoms with E-state index in [0.717, 1.165) is 61.5 Å². The summed E-state index contributed by atoms with van der Waals surface area (Å²) in [4.78, 5) is 20.9. The number of halogens is 1. The molecule has 0 bridgehead atoms. The lowest BCUT2D eigenvalue weighted by Crippen LogP contribution is -2.48. The van der Waals surface area contributed by atoms with E-state index in [4.69, 9.17) is 10.5 Å². The normalized spacial score (nSPS) is 17.0. The van der Waals surface area contributed by atoms with Crippen LogP contribution < -0.4 is 16.0 Å². The summed E-state index contributed by atoms with van der Waals surface area (Å²) < 4.78 is 20.3. The fourth-order valence-corrected chi connectivity index (χ4v) is 5.01. The van der Waals surface area contributed by atoms with Gasteiger partial charge >= 0.3 is 0 Å². The number of aromatic nitrogens is 1. The van der Waals surface area contributed by atoms with Crippen molar-refractivity contribution >= 4 is 17.4 Å². The molecule has 0 spiro atoms. The van der Waals surface area contributed by atoms with Crippen molar-refractivity contribution in [3.8, 4) is 22.3 Å². The number of fused-ring (bicyclic) bond motifs is 1. The van der Waals surface area contributed by atoms with Gasteiger partial charge in [0.25, 0.3) is 5.91 Å². The number of benzene rings is 2. The summed E-state index contributed by atoms with van der Waals surface area (Å²) in [6.07, 6.45) is 0.974. The van der Waals surface area contributed by atoms with Crippen molar-refractivity contribution < 1.29 is 13.9 Å². The standard InChI is InChI=1S/C28H32FN5O2/c1-18(36-2)17-33-11-13-34(14-12-33)22-6-3-19(4-7-22)24-16-25(27(30)32-26(24)29)20-5-8-23-21(15-20)9-10-31-28(23)35/h3-8,15-16,18H,9-14,17H2,1-2H3,(H2,30,32)(H,31,35)/t18-/m1/s1. The Balaban J connectivity index is 1.35. The molecule has 0 aliphatic carbocycles. The lowest BCUT2D eigenvalue weighted by Gasteiger charge is -2.37. The molecule has 1 atom stereocenters. The molecule has 188 valence electrons. The third kappa shape index (κ3) is 4.92. The molecule has 0 unspecified atom stereocenters. The maximum atomic E-state index is 14.9. The summed E-state index contributed by atoms with van der Waals surface area (Å²) in [6, 6.07) is 15.3. The van der Waals surface area contributed by atoms with Crippen LogP contribution in [0.1, 0.15) is 22.8 Å². The minimum atomic E-state index is -0.595. The molecule has 0 radical (unpaired) electrons. The number of ether oxygens (including phenoxy) is 1. The lowest BCUT2D eigenvalue weighted by molar-refractivity contribution is 0.0749. The molecule has 2 aliphatic rings. The van der Waals surface area contributed by atoms with Crippen molar-refractivity contribution in [2.45, 2.75) is 19.4 Å². The Morgan fingerprint density at radius 1 is 1.03 bits per heavy atom. The van der Waals surface area contributed by atoms with Gasteiger partial charge in [-0.25, -0.2) is 4.98 Å². The van der Waals surface area contributed by atoms with Crippen molar-refractivity contribution in [3.05, 3.63) is 65.6 Å². The van der Waals surface area contributed by atoms with E-state index in [2.05, 4.69) is 27.0 Å². The van der Waals surface area contributed by atoms with Gasteiger partial charge in [-0.15, -0.1) is 0 Å². The van der Waals surface area contributed by atoms with Crippen molar-refractivity contribution in [1.82, 2.24) is 15.2 Å². The fraction of sp³-hybridized carbons (Fsp3) is 0.357. The van der Waals surface area contributed by atoms with Gasteiger partial charge in [0.15, 0.2) is 0 Å². The van der Waals surface area contributed by atoms with Crippen LogP contribution in [-0.4, -0.2) is 68.3 Å². The zero-order valence-electron chi connectivity index (χ0n) is 20.8. The number of pyridine rings is 1. The van der Waals surface area contributed by atoms with Crippen molar-refractivity contribution in [3.63, 3.8) is 0 Å². The Kier molecular flexibility index (Phi) is 6.89. The van der Waals surface area contributed by atoms with Crippen LogP contribution in [0.2, 0.25) is 0 Å². The largest absolute Gasteiger partial charge is 0.383 e. The molecular weight excluding hydrogens is 457 g/mol. The molecule has 7 nitrogen and oxygen atoms in total. The number of rotatable bonds is 6. The molecule has 1 amide bonds. The van der Waals surface area contributed by atoms with E-state index in [1.54, 1.807) is 19.2 Å². The summed E-state index contributed by atoms with van der Waals surface area (Å²) in [5.41, 5.74) is 11.5. The first-order valence-corrected chi connectivity index (χ1v) is 12.4. The number of hydrogen-bond donors (Lipinski definition) is 2. The summed E-state index contributed by atoms with van der Waals surface area (Å²) in [5.74, 6) is -0.532. The zero-order valence-corrected chi connectivity index (χ0v) is 20.8. The number of carbonyl (C=O) groups excluding carboxylic acids is 1. The van der Waals surface area contributed by atoms with Crippen LogP contribution in [0.4, 0.5) is 15.9 Å². The zero-order chi connectivity index (χ0) is 25.2. The SMILES string of the molecule is CO[C@H](C)CN1CCN(c2ccc(-c3cc(-c4ccc5c(c4)CCNC5=O)c(N)nc3F)cc2)CC1. The first-order chi connectivity index (χ1) is 17.4. The summed E-state index contributed by atoms with van der Waals surface area (Å²) in [7, 11) is 1.75. The molecule has 3 N–H and O–H groups in total. The maximum absolute atomic E-state index is 14.9. The smallest absolute Gasteiger partial charge is 0.251 e. The Bertz CT molecular complexity index is 1260. The number of anilines is 2. The minimum Gasteiger partial charge on any atom is -0.383 e. The molecule has 36 heavy (non-hydrogen) atoms. The molecule has 3 heterocycles. The second kappa shape index (κ2) is 10.2. The number of piperazine rings is 1. The Hall–Kier alpha value is -3.49. The number of nitrogens with two attached hydrogens (primary N) is 1. The van der Waals surface area contributed by atoms with Crippen LogP contribution in [0.25, 0.3) is 22.3 Å². The van der Waals surface area contributed by atoms with Crippen LogP contribution >= 0.6 is 0 Å². The third-order valence-electron chi connectivity index (χ3n) is 7.18. The quantitative estimate of drug-likeness (QED) is 0.515. The summed E-state index contributed by atoms with van der Waals surface area (Å²) >= 11 is 0. The highest BCUT2D eigenvalue weighted by Crippen LogP contribution is 2.34. The molecule has 2 aliphatic heterocycles. The Morgan fingerprint density at radius 3 is 2.47 bits per heavy atom. The first-order valence-electron chi connectivity index (χ1n) is 12.4. The highest BCUT2D eigenvalue weighted by molar-refractivity contribution is 5.97. The van der Waals surface area contributed by atoms with Crippen LogP contribution in [0.15, 0.2) is 48.5 Å². The highest BCUT2D eigenvalue weighted by atomic mass is 19.1. The Morgan fingerprint density at radius 2 is 1.75 bits per heavy atom. The molecule has 1 aromatic heterocycles. The maximum Gasteiger partial charge on any atom is 0.251 e. The number of methoxy groups -OCH3 is 1. The Labute approximate surface area is 211 Å². The van der Waals surface area contributed by atoms with E-state index in [9.17, 15) is 9.18 Å². The van der Waals surface area contributed by atoms with E-state index >= 15 is 0 Å². The number of amides is 1. The van der Waals surface area contributed by atoms with E-state index in [1.165, 1.54) is 0 Å². The number of hydrogen-bond acceptors (Lipinski definition) is 6. The monoisotopic (exact) mass is 489 g/mol. The van der Waals surface area contributed by atoms with E-state index in [-0.39, 0.29) is 17.8 Å². The van der Waals surface area contributed by atoms with Gasteiger partial charge in [-0.3, -0.25) is 9.69 Å². The molecule has 0 saturated carbocycles. The van der Waals surface area contributed by atoms with Crippen molar-refractivity contribution in [1.29, 1.82) is 0 Å². The topological polar surface area (TPSA) is 83.7 Å². The van der Waals surface area contributed by atoms with E-state index < -0.39 is 5.95 Å². The van der Waals surface area contributed by atoms with Gasteiger partial charge in [-0.05, 0) is 54.3 Å². The molecule has 5 rings (SSSR count). The molecule has 1 saturated heterocycles. The van der Waals surface area contributed by atoms with Gasteiger partial charge in [0, 0.05) is 68.8 Å². The highest BCUT2D eigenvalue weighted by Gasteiger charge is 2.21. The fourth-order valence-electron chi connectivity index (χ4n) is 5.01. The van der Waals surface area contributed by atoms with Crippen LogP contribution in [0.5, 0.6) is 0 Å². The minimum absolute atomic E-state index is 0.0697. The lowest BCUT2D eigenvalue weighted by atomic mass is 9.94. The van der Waals surface area contributed by atoms with Crippen molar-refractivity contribution in [2.24, 2.45) is 0 Å². The molecular formula is C28H32FN5O2. The van der Waals surface area contributed by atoms with E-state index in [1.807, 2.05) is 36.4 Å². The predicted octanol–water partition coefficient (Wildman–Crippen LogP) is 3.58. The van der Waals surface area contributed by atoms with Crippen LogP contribution in [0.3, 0.4) is 0 Å². The van der Waals surface area contributed by atoms with Crippen LogP contribution in [-0.2, 0) is 11.2 Å². The third-order valence-corrected chi connectivity index (χ3v) is 7.18. The van der Waals surface area contributed by atoms with Crippen LogP contribution in [0, 0.1) is 5.95 Å². The molecule has 3 aromatic rings. The predicted molar refractivity (Wildman–Crippen MR) is 141 cm³/mol. The van der Waals surface area contributed by atoms with Gasteiger partial charge < -0.3 is 20.7 Å². The van der Waals surface area contributed by atoms with Gasteiger partial charge in [-0.1, -0.05) is 24.3 Å². The molecule has 1 fully saturated rings. The molecule has 2 aromatic carbocycles. The average molecular weight is 490 g/mol. The summed E-state index contributed by atoms with van der Waals surface area (Å²) in [5, 5.41) is 2.85. The van der Waals surface area contributed by atoms with Gasteiger partial charge in [-0.2, -0.15) is 4.39 Å². The van der Waals surface area contributed by atoms with Gasteiger partial charge in [0.1, 0.15) is 5.82 Å². The number of nitrogens with one attached hydrogen (secondary N) is 1. The summed E-state index contributed by atoms with van der Waals surface area (Å²) in [6.45, 7) is 7.47. The second-order valence-electron chi connectivity index (χ2n) is 9.52. The molecule has 8 heteroatoms. The average Bonchev–Trinajstić information content (AvgIpc) is 2.89. The van der Waals surface area contributed by atoms with Gasteiger partial charge in [0.2, 0.25) is 5.95 Å². The number of nitrogens with zero attached hydrogens (tertiary/aromatic N) is 3. The number of nitrogen functional groups attached to an aromatic ring is 1. The first kappa shape index (κ1) is 24.2. The second-order valence-corrected chi connectivity index (χ2v) is 9.52. The van der Waals surface area contributed by atoms with E-state index in [0.29, 0.717) is 23.2 Å².